The molecule has 0 fully saturated rings. The fraction of sp³-hybridized carbons (Fsp3) is 0.235. The third-order valence-corrected chi connectivity index (χ3v) is 4.24. The van der Waals surface area contributed by atoms with Crippen molar-refractivity contribution in [1.29, 1.82) is 0 Å². The van der Waals surface area contributed by atoms with Crippen LogP contribution in [0.25, 0.3) is 11.2 Å². The number of carbonyl (C=O) groups is 1. The lowest BCUT2D eigenvalue weighted by Crippen LogP contribution is -2.06. The zero-order valence-electron chi connectivity index (χ0n) is 13.2. The molecule has 2 heterocycles. The highest BCUT2D eigenvalue weighted by Gasteiger charge is 2.14. The lowest BCUT2D eigenvalue weighted by molar-refractivity contribution is 0.0526. The lowest BCUT2D eigenvalue weighted by atomic mass is 10.2. The lowest BCUT2D eigenvalue weighted by Gasteiger charge is -2.09. The Bertz CT molecular complexity index is 922. The molecule has 0 bridgehead atoms. The number of aromatic nitrogens is 3. The van der Waals surface area contributed by atoms with Crippen molar-refractivity contribution < 1.29 is 9.53 Å². The number of hydrogen-bond donors (Lipinski definition) is 0. The summed E-state index contributed by atoms with van der Waals surface area (Å²) in [6.45, 7) is 4.47. The highest BCUT2D eigenvalue weighted by molar-refractivity contribution is 6.35. The van der Waals surface area contributed by atoms with Gasteiger partial charge in [-0.2, -0.15) is 0 Å². The molecule has 0 aliphatic carbocycles. The Kier molecular flexibility index (Phi) is 4.73. The number of nitrogens with zero attached hydrogens (tertiary/aromatic N) is 3. The highest BCUT2D eigenvalue weighted by Crippen LogP contribution is 2.24. The molecule has 0 aliphatic rings. The van der Waals surface area contributed by atoms with Gasteiger partial charge in [-0.15, -0.1) is 0 Å². The normalized spacial score (nSPS) is 11.0. The van der Waals surface area contributed by atoms with E-state index in [0.717, 1.165) is 16.9 Å². The molecule has 0 amide bonds. The van der Waals surface area contributed by atoms with Gasteiger partial charge in [0, 0.05) is 16.2 Å². The van der Waals surface area contributed by atoms with E-state index in [9.17, 15) is 4.79 Å². The molecule has 3 rings (SSSR count). The zero-order chi connectivity index (χ0) is 17.3. The molecule has 5 nitrogen and oxygen atoms in total. The van der Waals surface area contributed by atoms with Crippen molar-refractivity contribution in [2.24, 2.45) is 0 Å². The summed E-state index contributed by atoms with van der Waals surface area (Å²) in [7, 11) is 0. The van der Waals surface area contributed by atoms with Crippen LogP contribution < -0.4 is 0 Å². The first-order valence-corrected chi connectivity index (χ1v) is 8.19. The first-order valence-electron chi connectivity index (χ1n) is 7.43. The second-order valence-corrected chi connectivity index (χ2v) is 6.11. The monoisotopic (exact) mass is 363 g/mol. The van der Waals surface area contributed by atoms with Crippen molar-refractivity contribution in [3.05, 3.63) is 57.5 Å². The van der Waals surface area contributed by atoms with E-state index < -0.39 is 5.97 Å². The molecular formula is C17H15Cl2N3O2. The smallest absolute Gasteiger partial charge is 0.339 e. The van der Waals surface area contributed by atoms with Crippen LogP contribution >= 0.6 is 23.2 Å². The average molecular weight is 364 g/mol. The number of aryl methyl sites for hydroxylation is 1. The van der Waals surface area contributed by atoms with Crippen LogP contribution in [-0.2, 0) is 11.3 Å². The van der Waals surface area contributed by atoms with E-state index in [1.165, 1.54) is 6.20 Å². The minimum Gasteiger partial charge on any atom is -0.462 e. The Morgan fingerprint density at radius 3 is 2.79 bits per heavy atom. The zero-order valence-corrected chi connectivity index (χ0v) is 14.7. The Labute approximate surface area is 149 Å². The van der Waals surface area contributed by atoms with Crippen molar-refractivity contribution in [1.82, 2.24) is 14.5 Å². The standard InChI is InChI=1S/C17H15Cl2N3O2/c1-3-24-17(23)12-6-15-16(20-8-12)21-10(2)22(15)9-11-4-5-13(18)7-14(11)19/h4-8H,3,9H2,1-2H3. The number of carbonyl (C=O) groups excluding carboxylic acids is 1. The van der Waals surface area contributed by atoms with Gasteiger partial charge in [-0.1, -0.05) is 29.3 Å². The number of rotatable bonds is 4. The maximum atomic E-state index is 11.9. The van der Waals surface area contributed by atoms with Crippen LogP contribution in [-0.4, -0.2) is 27.1 Å². The van der Waals surface area contributed by atoms with Gasteiger partial charge in [-0.25, -0.2) is 14.8 Å². The molecule has 0 unspecified atom stereocenters. The van der Waals surface area contributed by atoms with Crippen LogP contribution in [0.15, 0.2) is 30.5 Å². The number of pyridine rings is 1. The molecule has 0 atom stereocenters. The maximum absolute atomic E-state index is 11.9. The number of esters is 1. The summed E-state index contributed by atoms with van der Waals surface area (Å²) in [6.07, 6.45) is 1.48. The van der Waals surface area contributed by atoms with Crippen LogP contribution in [0.2, 0.25) is 10.0 Å². The molecule has 0 aliphatic heterocycles. The third kappa shape index (κ3) is 3.23. The minimum absolute atomic E-state index is 0.315. The number of ether oxygens (including phenoxy) is 1. The fourth-order valence-corrected chi connectivity index (χ4v) is 2.93. The quantitative estimate of drug-likeness (QED) is 0.649. The fourth-order valence-electron chi connectivity index (χ4n) is 2.46. The van der Waals surface area contributed by atoms with Crippen LogP contribution in [0.3, 0.4) is 0 Å². The van der Waals surface area contributed by atoms with Gasteiger partial charge in [0.1, 0.15) is 5.82 Å². The number of halogens is 2. The van der Waals surface area contributed by atoms with Crippen LogP contribution in [0.4, 0.5) is 0 Å². The Balaban J connectivity index is 2.04. The van der Waals surface area contributed by atoms with E-state index in [2.05, 4.69) is 9.97 Å². The molecule has 2 aromatic heterocycles. The van der Waals surface area contributed by atoms with Gasteiger partial charge in [0.2, 0.25) is 0 Å². The molecule has 124 valence electrons. The minimum atomic E-state index is -0.401. The molecule has 24 heavy (non-hydrogen) atoms. The predicted molar refractivity (Wildman–Crippen MR) is 93.8 cm³/mol. The van der Waals surface area contributed by atoms with Crippen LogP contribution in [0.1, 0.15) is 28.7 Å². The molecule has 0 saturated carbocycles. The molecular weight excluding hydrogens is 349 g/mol. The summed E-state index contributed by atoms with van der Waals surface area (Å²) in [5, 5.41) is 1.17. The molecule has 0 saturated heterocycles. The molecule has 0 spiro atoms. The van der Waals surface area contributed by atoms with Gasteiger partial charge in [-0.05, 0) is 37.6 Å². The van der Waals surface area contributed by atoms with Crippen molar-refractivity contribution in [2.75, 3.05) is 6.61 Å². The highest BCUT2D eigenvalue weighted by atomic mass is 35.5. The van der Waals surface area contributed by atoms with Gasteiger partial charge < -0.3 is 9.30 Å². The largest absolute Gasteiger partial charge is 0.462 e. The first kappa shape index (κ1) is 16.7. The summed E-state index contributed by atoms with van der Waals surface area (Å²) in [6, 6.07) is 7.11. The summed E-state index contributed by atoms with van der Waals surface area (Å²) in [5.41, 5.74) is 2.63. The topological polar surface area (TPSA) is 57.0 Å². The van der Waals surface area contributed by atoms with Gasteiger partial charge in [0.05, 0.1) is 24.2 Å². The molecule has 0 N–H and O–H groups in total. The summed E-state index contributed by atoms with van der Waals surface area (Å²) >= 11 is 12.2. The van der Waals surface area contributed by atoms with E-state index in [1.54, 1.807) is 25.1 Å². The maximum Gasteiger partial charge on any atom is 0.339 e. The number of imidazole rings is 1. The first-order chi connectivity index (χ1) is 11.5. The Morgan fingerprint density at radius 1 is 1.29 bits per heavy atom. The van der Waals surface area contributed by atoms with Crippen molar-refractivity contribution in [2.45, 2.75) is 20.4 Å². The SMILES string of the molecule is CCOC(=O)c1cnc2nc(C)n(Cc3ccc(Cl)cc3Cl)c2c1. The van der Waals surface area contributed by atoms with Gasteiger partial charge in [0.15, 0.2) is 5.65 Å². The van der Waals surface area contributed by atoms with E-state index in [0.29, 0.717) is 34.4 Å². The Morgan fingerprint density at radius 2 is 2.08 bits per heavy atom. The van der Waals surface area contributed by atoms with E-state index in [1.807, 2.05) is 17.6 Å². The van der Waals surface area contributed by atoms with Gasteiger partial charge in [0.25, 0.3) is 0 Å². The second-order valence-electron chi connectivity index (χ2n) is 5.27. The Hall–Kier alpha value is -2.11. The molecule has 7 heteroatoms. The number of fused-ring (bicyclic) bond motifs is 1. The van der Waals surface area contributed by atoms with Crippen LogP contribution in [0, 0.1) is 6.92 Å². The molecule has 1 aromatic carbocycles. The van der Waals surface area contributed by atoms with E-state index >= 15 is 0 Å². The molecule has 3 aromatic rings. The second kappa shape index (κ2) is 6.79. The van der Waals surface area contributed by atoms with E-state index in [-0.39, 0.29) is 0 Å². The van der Waals surface area contributed by atoms with Gasteiger partial charge >= 0.3 is 5.97 Å². The number of hydrogen-bond acceptors (Lipinski definition) is 4. The van der Waals surface area contributed by atoms with Gasteiger partial charge in [-0.3, -0.25) is 0 Å². The average Bonchev–Trinajstić information content (AvgIpc) is 2.85. The third-order valence-electron chi connectivity index (χ3n) is 3.65. The van der Waals surface area contributed by atoms with Crippen molar-refractivity contribution in [3.63, 3.8) is 0 Å². The predicted octanol–water partition coefficient (Wildman–Crippen LogP) is 4.27. The summed E-state index contributed by atoms with van der Waals surface area (Å²) in [4.78, 5) is 20.6. The van der Waals surface area contributed by atoms with Crippen molar-refractivity contribution in [3.8, 4) is 0 Å². The van der Waals surface area contributed by atoms with E-state index in [4.69, 9.17) is 27.9 Å². The summed E-state index contributed by atoms with van der Waals surface area (Å²) in [5.74, 6) is 0.381. The number of benzene rings is 1. The molecule has 0 radical (unpaired) electrons. The van der Waals surface area contributed by atoms with Crippen LogP contribution in [0.5, 0.6) is 0 Å². The summed E-state index contributed by atoms with van der Waals surface area (Å²) < 4.78 is 6.99. The van der Waals surface area contributed by atoms with Crippen molar-refractivity contribution >= 4 is 40.3 Å².